The third-order valence-corrected chi connectivity index (χ3v) is 6.87. The van der Waals surface area contributed by atoms with E-state index in [1.54, 1.807) is 43.6 Å². The number of nitrogens with one attached hydrogen (secondary N) is 1. The van der Waals surface area contributed by atoms with E-state index in [4.69, 9.17) is 5.90 Å². The molecule has 0 aliphatic carbocycles. The van der Waals surface area contributed by atoms with Gasteiger partial charge in [0, 0.05) is 24.2 Å². The van der Waals surface area contributed by atoms with Gasteiger partial charge in [-0.1, -0.05) is 32.9 Å². The van der Waals surface area contributed by atoms with Gasteiger partial charge in [0.2, 0.25) is 0 Å². The van der Waals surface area contributed by atoms with Gasteiger partial charge in [0.1, 0.15) is 17.3 Å². The molecule has 0 unspecified atom stereocenters. The number of nitrogens with zero attached hydrogens (tertiary/aromatic N) is 4. The van der Waals surface area contributed by atoms with Crippen LogP contribution in [0, 0.1) is 12.7 Å². The molecule has 3 heterocycles. The first-order chi connectivity index (χ1) is 19.0. The first kappa shape index (κ1) is 26.8. The van der Waals surface area contributed by atoms with Crippen LogP contribution < -0.4 is 27.2 Å². The summed E-state index contributed by atoms with van der Waals surface area (Å²) >= 11 is 0. The summed E-state index contributed by atoms with van der Waals surface area (Å²) in [7, 11) is 1.65. The number of hydrogen-bond donors (Lipinski definition) is 2. The predicted octanol–water partition coefficient (Wildman–Crippen LogP) is 4.89. The lowest BCUT2D eigenvalue weighted by Crippen LogP contribution is -2.23. The van der Waals surface area contributed by atoms with Crippen molar-refractivity contribution in [1.29, 1.82) is 0 Å². The molecular formula is C30H29FN6O3. The molecule has 0 saturated heterocycles. The molecule has 0 fully saturated rings. The fraction of sp³-hybridized carbons (Fsp3) is 0.200. The van der Waals surface area contributed by atoms with Crippen molar-refractivity contribution in [2.75, 3.05) is 5.32 Å². The topological polar surface area (TPSA) is 117 Å². The summed E-state index contributed by atoms with van der Waals surface area (Å²) in [6.07, 6.45) is 4.66. The number of fused-ring (bicyclic) bond motifs is 1. The van der Waals surface area contributed by atoms with Crippen molar-refractivity contribution in [3.8, 4) is 22.6 Å². The highest BCUT2D eigenvalue weighted by Gasteiger charge is 2.20. The molecule has 0 saturated carbocycles. The molecule has 10 heteroatoms. The largest absolute Gasteiger partial charge is 0.410 e. The zero-order chi connectivity index (χ0) is 28.8. The molecule has 5 aromatic rings. The molecule has 5 rings (SSSR count). The Bertz CT molecular complexity index is 1870. The summed E-state index contributed by atoms with van der Waals surface area (Å²) in [5, 5.41) is 7.88. The monoisotopic (exact) mass is 540 g/mol. The zero-order valence-corrected chi connectivity index (χ0v) is 22.8. The SMILES string of the molecule is Cc1c(-c2cc(Nc3ccc(ON)cn3)c(=O)n(C)c2)cccc1-n1ncc2cc(C(C)(C)C)cc(F)c2c1=O. The van der Waals surface area contributed by atoms with Crippen molar-refractivity contribution in [2.45, 2.75) is 33.1 Å². The lowest BCUT2D eigenvalue weighted by Gasteiger charge is -2.20. The van der Waals surface area contributed by atoms with E-state index in [1.165, 1.54) is 27.7 Å². The minimum Gasteiger partial charge on any atom is -0.410 e. The van der Waals surface area contributed by atoms with Crippen molar-refractivity contribution >= 4 is 22.3 Å². The van der Waals surface area contributed by atoms with Gasteiger partial charge in [-0.2, -0.15) is 15.7 Å². The van der Waals surface area contributed by atoms with Crippen LogP contribution in [0.15, 0.2) is 76.7 Å². The number of nitrogens with two attached hydrogens (primary N) is 1. The van der Waals surface area contributed by atoms with Crippen LogP contribution in [0.2, 0.25) is 0 Å². The lowest BCUT2D eigenvalue weighted by molar-refractivity contribution is 0.333. The summed E-state index contributed by atoms with van der Waals surface area (Å²) in [5.74, 6) is 5.39. The van der Waals surface area contributed by atoms with Gasteiger partial charge in [0.25, 0.3) is 11.1 Å². The second kappa shape index (κ2) is 10.0. The van der Waals surface area contributed by atoms with Gasteiger partial charge in [-0.25, -0.2) is 9.37 Å². The highest BCUT2D eigenvalue weighted by atomic mass is 19.1. The van der Waals surface area contributed by atoms with Crippen LogP contribution in [0.3, 0.4) is 0 Å². The molecule has 0 amide bonds. The Morgan fingerprint density at radius 3 is 2.48 bits per heavy atom. The van der Waals surface area contributed by atoms with E-state index in [1.807, 2.05) is 39.8 Å². The van der Waals surface area contributed by atoms with Crippen molar-refractivity contribution in [2.24, 2.45) is 12.9 Å². The van der Waals surface area contributed by atoms with Crippen molar-refractivity contribution < 1.29 is 9.23 Å². The van der Waals surface area contributed by atoms with Crippen LogP contribution in [0.25, 0.3) is 27.6 Å². The van der Waals surface area contributed by atoms with Gasteiger partial charge in [0.15, 0.2) is 5.75 Å². The Kier molecular flexibility index (Phi) is 6.72. The fourth-order valence-electron chi connectivity index (χ4n) is 4.61. The van der Waals surface area contributed by atoms with Crippen LogP contribution in [0.4, 0.5) is 15.9 Å². The minimum atomic E-state index is -0.578. The predicted molar refractivity (Wildman–Crippen MR) is 154 cm³/mol. The van der Waals surface area contributed by atoms with Gasteiger partial charge in [-0.3, -0.25) is 9.59 Å². The molecule has 0 atom stereocenters. The van der Waals surface area contributed by atoms with E-state index in [2.05, 4.69) is 20.2 Å². The molecule has 0 aliphatic heterocycles. The van der Waals surface area contributed by atoms with E-state index >= 15 is 4.39 Å². The van der Waals surface area contributed by atoms with E-state index in [0.717, 1.165) is 22.3 Å². The maximum absolute atomic E-state index is 15.2. The number of benzene rings is 2. The maximum Gasteiger partial charge on any atom is 0.282 e. The number of rotatable bonds is 5. The second-order valence-corrected chi connectivity index (χ2v) is 10.7. The number of pyridine rings is 2. The standard InChI is InChI=1S/C30H29FN6O3/c1-17-22(19-12-24(28(38)36(5)16-19)35-26-10-9-21(40-32)15-33-26)7-6-8-25(17)37-29(39)27-18(14-34-37)11-20(13-23(27)31)30(2,3)4/h6-16H,32H2,1-5H3,(H,33,35). The Balaban J connectivity index is 1.60. The molecule has 204 valence electrons. The van der Waals surface area contributed by atoms with E-state index in [-0.39, 0.29) is 16.4 Å². The molecule has 9 nitrogen and oxygen atoms in total. The average Bonchev–Trinajstić information content (AvgIpc) is 2.91. The molecule has 0 aliphatic rings. The maximum atomic E-state index is 15.2. The van der Waals surface area contributed by atoms with Crippen molar-refractivity contribution in [3.63, 3.8) is 0 Å². The first-order valence-corrected chi connectivity index (χ1v) is 12.6. The summed E-state index contributed by atoms with van der Waals surface area (Å²) < 4.78 is 17.9. The Labute approximate surface area is 229 Å². The molecule has 3 aromatic heterocycles. The van der Waals surface area contributed by atoms with Gasteiger partial charge >= 0.3 is 0 Å². The third-order valence-electron chi connectivity index (χ3n) is 6.87. The quantitative estimate of drug-likeness (QED) is 0.305. The summed E-state index contributed by atoms with van der Waals surface area (Å²) in [6, 6.07) is 13.6. The van der Waals surface area contributed by atoms with E-state index in [0.29, 0.717) is 28.3 Å². The van der Waals surface area contributed by atoms with Crippen LogP contribution in [0.1, 0.15) is 31.9 Å². The molecule has 40 heavy (non-hydrogen) atoms. The molecular weight excluding hydrogens is 511 g/mol. The number of aryl methyl sites for hydroxylation is 1. The lowest BCUT2D eigenvalue weighted by atomic mass is 9.86. The molecule has 0 radical (unpaired) electrons. The highest BCUT2D eigenvalue weighted by Crippen LogP contribution is 2.30. The molecule has 0 spiro atoms. The molecule has 3 N–H and O–H groups in total. The minimum absolute atomic E-state index is 0.0139. The Hall–Kier alpha value is -4.83. The fourth-order valence-corrected chi connectivity index (χ4v) is 4.61. The molecule has 2 aromatic carbocycles. The van der Waals surface area contributed by atoms with Gasteiger partial charge in [-0.05, 0) is 65.4 Å². The van der Waals surface area contributed by atoms with Crippen LogP contribution in [-0.2, 0) is 12.5 Å². The van der Waals surface area contributed by atoms with Crippen molar-refractivity contribution in [1.82, 2.24) is 19.3 Å². The first-order valence-electron chi connectivity index (χ1n) is 12.6. The van der Waals surface area contributed by atoms with Crippen LogP contribution in [0.5, 0.6) is 5.75 Å². The average molecular weight is 541 g/mol. The normalized spacial score (nSPS) is 11.6. The second-order valence-electron chi connectivity index (χ2n) is 10.7. The summed E-state index contributed by atoms with van der Waals surface area (Å²) in [4.78, 5) is 35.2. The summed E-state index contributed by atoms with van der Waals surface area (Å²) in [5.41, 5.74) is 2.74. The number of aromatic nitrogens is 4. The Morgan fingerprint density at radius 2 is 1.80 bits per heavy atom. The van der Waals surface area contributed by atoms with Crippen LogP contribution in [-0.4, -0.2) is 19.3 Å². The molecule has 0 bridgehead atoms. The van der Waals surface area contributed by atoms with Gasteiger partial charge in [-0.15, -0.1) is 0 Å². The van der Waals surface area contributed by atoms with E-state index < -0.39 is 11.4 Å². The summed E-state index contributed by atoms with van der Waals surface area (Å²) in [6.45, 7) is 7.81. The third kappa shape index (κ3) is 4.85. The van der Waals surface area contributed by atoms with Gasteiger partial charge in [0.05, 0.1) is 23.5 Å². The van der Waals surface area contributed by atoms with E-state index in [9.17, 15) is 9.59 Å². The zero-order valence-electron chi connectivity index (χ0n) is 22.8. The number of anilines is 2. The van der Waals surface area contributed by atoms with Gasteiger partial charge < -0.3 is 14.7 Å². The smallest absolute Gasteiger partial charge is 0.282 e. The Morgan fingerprint density at radius 1 is 1.02 bits per heavy atom. The number of hydrogen-bond acceptors (Lipinski definition) is 7. The number of halogens is 1. The van der Waals surface area contributed by atoms with Crippen LogP contribution >= 0.6 is 0 Å². The van der Waals surface area contributed by atoms with Crippen molar-refractivity contribution in [3.05, 3.63) is 105 Å². The highest BCUT2D eigenvalue weighted by molar-refractivity contribution is 5.83.